The summed E-state index contributed by atoms with van der Waals surface area (Å²) in [7, 11) is -4.47. The van der Waals surface area contributed by atoms with Crippen LogP contribution in [-0.4, -0.2) is 92.3 Å². The molecule has 3 atom stereocenters. The van der Waals surface area contributed by atoms with Gasteiger partial charge in [0.2, 0.25) is 0 Å². The number of carbonyl (C=O) groups is 1. The molecule has 338 valence electrons. The number of nitrogens with zero attached hydrogens (tertiary/aromatic N) is 4. The number of sulfonamides is 1. The van der Waals surface area contributed by atoms with E-state index in [1.807, 2.05) is 24.3 Å². The monoisotopic (exact) mass is 907 g/mol. The van der Waals surface area contributed by atoms with Gasteiger partial charge in [0, 0.05) is 93.5 Å². The van der Waals surface area contributed by atoms with Crippen LogP contribution in [0, 0.1) is 28.4 Å². The van der Waals surface area contributed by atoms with Crippen molar-refractivity contribution >= 4 is 61.5 Å². The number of aromatic amines is 1. The molecule has 3 fully saturated rings. The molecule has 2 aliphatic heterocycles. The number of piperazine rings is 1. The van der Waals surface area contributed by atoms with Gasteiger partial charge in [-0.2, -0.15) is 0 Å². The van der Waals surface area contributed by atoms with Crippen molar-refractivity contribution in [2.45, 2.75) is 63.7 Å². The van der Waals surface area contributed by atoms with Crippen LogP contribution in [0.2, 0.25) is 5.02 Å². The third-order valence-corrected chi connectivity index (χ3v) is 15.1. The molecule has 2 unspecified atom stereocenters. The number of anilines is 2. The van der Waals surface area contributed by atoms with E-state index in [1.165, 1.54) is 36.6 Å². The Morgan fingerprint density at radius 1 is 1.05 bits per heavy atom. The number of carbonyl (C=O) groups excluding carboxylic acids is 1. The summed E-state index contributed by atoms with van der Waals surface area (Å²) in [6.45, 7) is 16.9. The van der Waals surface area contributed by atoms with Crippen molar-refractivity contribution < 1.29 is 27.4 Å². The van der Waals surface area contributed by atoms with E-state index in [0.29, 0.717) is 65.3 Å². The maximum Gasteiger partial charge on any atom is 0.268 e. The molecular weight excluding hydrogens is 850 g/mol. The van der Waals surface area contributed by atoms with Gasteiger partial charge in [0.15, 0.2) is 5.87 Å². The summed E-state index contributed by atoms with van der Waals surface area (Å²) in [4.78, 5) is 26.1. The highest BCUT2D eigenvalue weighted by molar-refractivity contribution is 7.90. The standard InChI is InChI=1S/C49H58ClN7O6S/c1-5-57(59)45-28-41(11-13-44(45)52-30-34-16-24-62-25-17-34)64(60,61)54-48(58)42-12-10-39(27-46(42)63-40-26-36-15-19-51-47(36)53-31-40)56-22-20-55(21-23-56)32-37-14-18-49(3,4)29-43(33(37)2)35-6-8-38(50)9-7-35/h6-13,15,19,26-28,31,33-34,37,43,52H,1,14,16-18,20-25,29-30,32H2,2-4H3,(H,51,53)(H,54,58)/t33-,37?,43?/m1/s1. The minimum atomic E-state index is -4.47. The number of rotatable bonds is 13. The van der Waals surface area contributed by atoms with Crippen LogP contribution in [-0.2, 0) is 14.8 Å². The average Bonchev–Trinajstić information content (AvgIpc) is 3.73. The Balaban J connectivity index is 0.990. The van der Waals surface area contributed by atoms with Crippen molar-refractivity contribution in [2.24, 2.45) is 23.2 Å². The normalized spacial score (nSPS) is 20.9. The molecule has 2 saturated heterocycles. The van der Waals surface area contributed by atoms with Gasteiger partial charge in [-0.05, 0) is 115 Å². The number of fused-ring (bicyclic) bond motifs is 1. The van der Waals surface area contributed by atoms with Crippen LogP contribution in [0.3, 0.4) is 0 Å². The summed E-state index contributed by atoms with van der Waals surface area (Å²) in [6.07, 6.45) is 8.62. The Morgan fingerprint density at radius 2 is 1.81 bits per heavy atom. The van der Waals surface area contributed by atoms with Crippen LogP contribution < -0.4 is 19.7 Å². The average molecular weight is 909 g/mol. The SMILES string of the molecule is C=C=[N+]([O-])c1cc(S(=O)(=O)NC(=O)c2ccc(N3CCN(CC4CCC(C)(C)CC(c5ccc(Cl)cc5)[C@@H]4C)CC3)cc2Oc2cnc3[nH]ccc3c2)ccc1NCC1CCOCC1. The van der Waals surface area contributed by atoms with Crippen molar-refractivity contribution in [1.29, 1.82) is 0 Å². The van der Waals surface area contributed by atoms with Crippen molar-refractivity contribution in [2.75, 3.05) is 62.7 Å². The van der Waals surface area contributed by atoms with Crippen molar-refractivity contribution in [3.8, 4) is 11.5 Å². The molecule has 0 spiro atoms. The van der Waals surface area contributed by atoms with Gasteiger partial charge in [0.1, 0.15) is 22.8 Å². The lowest BCUT2D eigenvalue weighted by Crippen LogP contribution is -2.48. The van der Waals surface area contributed by atoms with Gasteiger partial charge in [0.25, 0.3) is 21.6 Å². The van der Waals surface area contributed by atoms with Crippen LogP contribution in [0.5, 0.6) is 11.5 Å². The second kappa shape index (κ2) is 19.4. The molecule has 2 aromatic heterocycles. The first-order chi connectivity index (χ1) is 30.7. The second-order valence-electron chi connectivity index (χ2n) is 18.3. The molecule has 4 heterocycles. The quantitative estimate of drug-likeness (QED) is 0.0342. The molecule has 15 heteroatoms. The van der Waals surface area contributed by atoms with E-state index < -0.39 is 15.9 Å². The zero-order chi connectivity index (χ0) is 45.0. The molecule has 0 radical (unpaired) electrons. The van der Waals surface area contributed by atoms with Crippen LogP contribution >= 0.6 is 11.6 Å². The number of aromatic nitrogens is 2. The summed E-state index contributed by atoms with van der Waals surface area (Å²) in [6, 6.07) is 21.4. The summed E-state index contributed by atoms with van der Waals surface area (Å²) >= 11 is 6.28. The number of H-pyrrole nitrogens is 1. The van der Waals surface area contributed by atoms with Gasteiger partial charge in [-0.15, -0.1) is 4.74 Å². The minimum Gasteiger partial charge on any atom is -0.609 e. The number of nitrogens with one attached hydrogen (secondary N) is 3. The van der Waals surface area contributed by atoms with Crippen molar-refractivity contribution in [3.63, 3.8) is 0 Å². The summed E-state index contributed by atoms with van der Waals surface area (Å²) < 4.78 is 42.1. The van der Waals surface area contributed by atoms with E-state index in [-0.39, 0.29) is 27.3 Å². The smallest absolute Gasteiger partial charge is 0.268 e. The molecule has 3 aliphatic rings. The lowest BCUT2D eigenvalue weighted by atomic mass is 9.74. The van der Waals surface area contributed by atoms with E-state index in [2.05, 4.69) is 75.2 Å². The number of hydrogen-bond acceptors (Lipinski definition) is 10. The minimum absolute atomic E-state index is 0.00772. The lowest BCUT2D eigenvalue weighted by Gasteiger charge is -2.39. The van der Waals surface area contributed by atoms with Crippen LogP contribution in [0.4, 0.5) is 17.1 Å². The summed E-state index contributed by atoms with van der Waals surface area (Å²) in [5, 5.41) is 17.7. The first-order valence-corrected chi connectivity index (χ1v) is 24.1. The van der Waals surface area contributed by atoms with Gasteiger partial charge in [0.05, 0.1) is 16.7 Å². The molecular formula is C49H58ClN7O6S. The fourth-order valence-corrected chi connectivity index (χ4v) is 10.7. The first-order valence-electron chi connectivity index (χ1n) is 22.3. The van der Waals surface area contributed by atoms with Crippen LogP contribution in [0.25, 0.3) is 11.0 Å². The molecule has 1 aliphatic carbocycles. The maximum atomic E-state index is 14.0. The Bertz CT molecular complexity index is 2620. The Hall–Kier alpha value is -5.37. The highest BCUT2D eigenvalue weighted by Gasteiger charge is 2.37. The molecule has 1 amide bonds. The Labute approximate surface area is 381 Å². The highest BCUT2D eigenvalue weighted by Crippen LogP contribution is 2.47. The first kappa shape index (κ1) is 45.2. The molecule has 0 bridgehead atoms. The fraction of sp³-hybridized carbons (Fsp3) is 0.429. The number of ether oxygens (including phenoxy) is 2. The van der Waals surface area contributed by atoms with Gasteiger partial charge < -0.3 is 29.9 Å². The molecule has 3 aromatic carbocycles. The highest BCUT2D eigenvalue weighted by atomic mass is 35.5. The van der Waals surface area contributed by atoms with Crippen LogP contribution in [0.15, 0.2) is 96.7 Å². The largest absolute Gasteiger partial charge is 0.609 e. The predicted molar refractivity (Wildman–Crippen MR) is 253 cm³/mol. The predicted octanol–water partition coefficient (Wildman–Crippen LogP) is 9.33. The second-order valence-corrected chi connectivity index (χ2v) is 20.5. The topological polar surface area (TPSA) is 155 Å². The summed E-state index contributed by atoms with van der Waals surface area (Å²) in [5.41, 5.74) is 3.60. The van der Waals surface area contributed by atoms with E-state index in [9.17, 15) is 18.4 Å². The van der Waals surface area contributed by atoms with E-state index in [4.69, 9.17) is 21.1 Å². The molecule has 8 rings (SSSR count). The summed E-state index contributed by atoms with van der Waals surface area (Å²) in [5.74, 6) is 3.80. The van der Waals surface area contributed by atoms with Gasteiger partial charge in [-0.1, -0.05) is 44.5 Å². The zero-order valence-corrected chi connectivity index (χ0v) is 38.4. The van der Waals surface area contributed by atoms with E-state index in [1.54, 1.807) is 30.6 Å². The van der Waals surface area contributed by atoms with Gasteiger partial charge in [-0.3, -0.25) is 9.69 Å². The van der Waals surface area contributed by atoms with Gasteiger partial charge >= 0.3 is 0 Å². The number of amides is 1. The van der Waals surface area contributed by atoms with E-state index >= 15 is 0 Å². The Morgan fingerprint density at radius 3 is 2.56 bits per heavy atom. The number of hydrogen-bond donors (Lipinski definition) is 3. The van der Waals surface area contributed by atoms with Crippen molar-refractivity contribution in [3.05, 3.63) is 113 Å². The number of pyridine rings is 1. The maximum absolute atomic E-state index is 14.0. The van der Waals surface area contributed by atoms with Crippen molar-refractivity contribution in [1.82, 2.24) is 19.6 Å². The lowest BCUT2D eigenvalue weighted by molar-refractivity contribution is -0.351. The number of benzene rings is 3. The van der Waals surface area contributed by atoms with E-state index in [0.717, 1.165) is 68.1 Å². The molecule has 5 aromatic rings. The molecule has 13 nitrogen and oxygen atoms in total. The van der Waals surface area contributed by atoms with Crippen LogP contribution in [0.1, 0.15) is 74.7 Å². The third kappa shape index (κ3) is 10.6. The molecule has 1 saturated carbocycles. The van der Waals surface area contributed by atoms with Gasteiger partial charge in [-0.25, -0.2) is 18.1 Å². The molecule has 3 N–H and O–H groups in total. The molecule has 64 heavy (non-hydrogen) atoms. The number of halogens is 1. The third-order valence-electron chi connectivity index (χ3n) is 13.5. The Kier molecular flexibility index (Phi) is 13.7. The fourth-order valence-electron chi connectivity index (χ4n) is 9.56. The zero-order valence-electron chi connectivity index (χ0n) is 36.8.